The van der Waals surface area contributed by atoms with Crippen molar-refractivity contribution in [3.05, 3.63) is 30.3 Å². The number of benzene rings is 1. The SMILES string of the molecule is CCOCCOCCO.O=C(O)Nc1ccccc1. The Morgan fingerprint density at radius 1 is 1.16 bits per heavy atom. The van der Waals surface area contributed by atoms with Gasteiger partial charge in [0.2, 0.25) is 0 Å². The molecule has 1 rings (SSSR count). The summed E-state index contributed by atoms with van der Waals surface area (Å²) in [6.45, 7) is 4.36. The lowest BCUT2D eigenvalue weighted by atomic mass is 10.3. The van der Waals surface area contributed by atoms with E-state index in [-0.39, 0.29) is 6.61 Å². The van der Waals surface area contributed by atoms with Crippen LogP contribution in [0.15, 0.2) is 30.3 Å². The third-order valence-electron chi connectivity index (χ3n) is 1.84. The van der Waals surface area contributed by atoms with Crippen LogP contribution in [0.3, 0.4) is 0 Å². The predicted octanol–water partition coefficient (Wildman–Crippen LogP) is 1.81. The molecule has 0 aromatic heterocycles. The highest BCUT2D eigenvalue weighted by Crippen LogP contribution is 2.03. The molecule has 0 heterocycles. The van der Waals surface area contributed by atoms with Gasteiger partial charge in [-0.2, -0.15) is 0 Å². The van der Waals surface area contributed by atoms with Crippen LogP contribution in [-0.2, 0) is 9.47 Å². The van der Waals surface area contributed by atoms with Gasteiger partial charge in [0.1, 0.15) is 0 Å². The molecule has 1 amide bonds. The number of aliphatic hydroxyl groups is 1. The van der Waals surface area contributed by atoms with E-state index in [1.165, 1.54) is 0 Å². The second-order valence-corrected chi connectivity index (χ2v) is 3.33. The Morgan fingerprint density at radius 2 is 1.79 bits per heavy atom. The Bertz CT molecular complexity index is 312. The van der Waals surface area contributed by atoms with Crippen molar-refractivity contribution < 1.29 is 24.5 Å². The number of anilines is 1. The van der Waals surface area contributed by atoms with Crippen molar-refractivity contribution >= 4 is 11.8 Å². The Labute approximate surface area is 113 Å². The summed E-state index contributed by atoms with van der Waals surface area (Å²) in [5, 5.41) is 18.7. The van der Waals surface area contributed by atoms with Gasteiger partial charge in [-0.05, 0) is 19.1 Å². The zero-order valence-corrected chi connectivity index (χ0v) is 11.0. The highest BCUT2D eigenvalue weighted by atomic mass is 16.5. The zero-order valence-electron chi connectivity index (χ0n) is 11.0. The smallest absolute Gasteiger partial charge is 0.409 e. The molecule has 0 fully saturated rings. The van der Waals surface area contributed by atoms with E-state index in [2.05, 4.69) is 5.32 Å². The van der Waals surface area contributed by atoms with Gasteiger partial charge in [0.05, 0.1) is 26.4 Å². The highest BCUT2D eigenvalue weighted by Gasteiger charge is 1.93. The molecule has 0 saturated carbocycles. The topological polar surface area (TPSA) is 88.0 Å². The number of hydrogen-bond acceptors (Lipinski definition) is 4. The lowest BCUT2D eigenvalue weighted by Crippen LogP contribution is -2.06. The number of carboxylic acid groups (broad SMARTS) is 1. The average Bonchev–Trinajstić information content (AvgIpc) is 2.40. The average molecular weight is 271 g/mol. The van der Waals surface area contributed by atoms with Crippen molar-refractivity contribution in [3.8, 4) is 0 Å². The highest BCUT2D eigenvalue weighted by molar-refractivity contribution is 5.82. The van der Waals surface area contributed by atoms with Crippen molar-refractivity contribution in [2.24, 2.45) is 0 Å². The van der Waals surface area contributed by atoms with Crippen molar-refractivity contribution in [2.75, 3.05) is 38.4 Å². The van der Waals surface area contributed by atoms with E-state index in [0.717, 1.165) is 6.61 Å². The molecule has 0 atom stereocenters. The minimum Gasteiger partial charge on any atom is -0.465 e. The predicted molar refractivity (Wildman–Crippen MR) is 72.5 cm³/mol. The van der Waals surface area contributed by atoms with Gasteiger partial charge in [0, 0.05) is 12.3 Å². The van der Waals surface area contributed by atoms with E-state index >= 15 is 0 Å². The fourth-order valence-electron chi connectivity index (χ4n) is 1.07. The Hall–Kier alpha value is -1.63. The van der Waals surface area contributed by atoms with Gasteiger partial charge in [0.15, 0.2) is 0 Å². The van der Waals surface area contributed by atoms with E-state index in [1.807, 2.05) is 13.0 Å². The number of hydrogen-bond donors (Lipinski definition) is 3. The quantitative estimate of drug-likeness (QED) is 0.658. The lowest BCUT2D eigenvalue weighted by molar-refractivity contribution is 0.0370. The van der Waals surface area contributed by atoms with Gasteiger partial charge in [-0.3, -0.25) is 5.32 Å². The first-order chi connectivity index (χ1) is 9.20. The fraction of sp³-hybridized carbons (Fsp3) is 0.462. The molecule has 6 nitrogen and oxygen atoms in total. The van der Waals surface area contributed by atoms with E-state index in [1.54, 1.807) is 24.3 Å². The van der Waals surface area contributed by atoms with E-state index in [9.17, 15) is 4.79 Å². The number of aliphatic hydroxyl groups excluding tert-OH is 1. The summed E-state index contributed by atoms with van der Waals surface area (Å²) in [6, 6.07) is 8.74. The molecule has 1 aromatic rings. The molecule has 1 aromatic carbocycles. The van der Waals surface area contributed by atoms with E-state index in [0.29, 0.717) is 25.5 Å². The summed E-state index contributed by atoms with van der Waals surface area (Å²) in [6.07, 6.45) is -1.04. The van der Waals surface area contributed by atoms with Crippen LogP contribution in [-0.4, -0.2) is 49.3 Å². The standard InChI is InChI=1S/C7H7NO2.C6H14O3/c9-7(10)8-6-4-2-1-3-5-6;1-2-8-5-6-9-4-3-7/h1-5,8H,(H,9,10);7H,2-6H2,1H3. The summed E-state index contributed by atoms with van der Waals surface area (Å²) in [5.74, 6) is 0. The summed E-state index contributed by atoms with van der Waals surface area (Å²) < 4.78 is 9.88. The number of amides is 1. The van der Waals surface area contributed by atoms with Crippen molar-refractivity contribution in [1.82, 2.24) is 0 Å². The maximum absolute atomic E-state index is 10.1. The van der Waals surface area contributed by atoms with Gasteiger partial charge in [-0.15, -0.1) is 0 Å². The van der Waals surface area contributed by atoms with Gasteiger partial charge in [-0.25, -0.2) is 4.79 Å². The molecular weight excluding hydrogens is 250 g/mol. The second-order valence-electron chi connectivity index (χ2n) is 3.33. The largest absolute Gasteiger partial charge is 0.465 e. The molecule has 19 heavy (non-hydrogen) atoms. The molecule has 0 unspecified atom stereocenters. The summed E-state index contributed by atoms with van der Waals surface area (Å²) in [4.78, 5) is 10.1. The molecule has 0 saturated heterocycles. The minimum atomic E-state index is -1.04. The maximum Gasteiger partial charge on any atom is 0.409 e. The van der Waals surface area contributed by atoms with Crippen LogP contribution in [0, 0.1) is 0 Å². The van der Waals surface area contributed by atoms with Gasteiger partial charge < -0.3 is 19.7 Å². The molecule has 6 heteroatoms. The Balaban J connectivity index is 0.000000344. The van der Waals surface area contributed by atoms with Crippen LogP contribution >= 0.6 is 0 Å². The normalized spacial score (nSPS) is 9.37. The van der Waals surface area contributed by atoms with Crippen LogP contribution in [0.2, 0.25) is 0 Å². The first-order valence-corrected chi connectivity index (χ1v) is 6.02. The first kappa shape index (κ1) is 17.4. The van der Waals surface area contributed by atoms with Crippen LogP contribution < -0.4 is 5.32 Å². The number of carbonyl (C=O) groups is 1. The monoisotopic (exact) mass is 271 g/mol. The van der Waals surface area contributed by atoms with Gasteiger partial charge >= 0.3 is 6.09 Å². The minimum absolute atomic E-state index is 0.0894. The molecule has 0 bridgehead atoms. The number of nitrogens with one attached hydrogen (secondary N) is 1. The van der Waals surface area contributed by atoms with Crippen LogP contribution in [0.25, 0.3) is 0 Å². The van der Waals surface area contributed by atoms with Crippen LogP contribution in [0.5, 0.6) is 0 Å². The Morgan fingerprint density at radius 3 is 2.32 bits per heavy atom. The summed E-state index contributed by atoms with van der Waals surface area (Å²) in [5.41, 5.74) is 0.593. The molecule has 3 N–H and O–H groups in total. The molecular formula is C13H21NO5. The van der Waals surface area contributed by atoms with E-state index in [4.69, 9.17) is 19.7 Å². The third kappa shape index (κ3) is 12.6. The fourth-order valence-corrected chi connectivity index (χ4v) is 1.07. The van der Waals surface area contributed by atoms with Gasteiger partial charge in [-0.1, -0.05) is 18.2 Å². The maximum atomic E-state index is 10.1. The van der Waals surface area contributed by atoms with Crippen molar-refractivity contribution in [2.45, 2.75) is 6.92 Å². The van der Waals surface area contributed by atoms with Crippen LogP contribution in [0.4, 0.5) is 10.5 Å². The van der Waals surface area contributed by atoms with E-state index < -0.39 is 6.09 Å². The number of para-hydroxylation sites is 1. The molecule has 0 aliphatic heterocycles. The molecule has 0 radical (unpaired) electrons. The Kier molecular flexibility index (Phi) is 11.7. The molecule has 0 aliphatic rings. The molecule has 108 valence electrons. The van der Waals surface area contributed by atoms with Crippen LogP contribution in [0.1, 0.15) is 6.92 Å². The van der Waals surface area contributed by atoms with Gasteiger partial charge in [0.25, 0.3) is 0 Å². The summed E-state index contributed by atoms with van der Waals surface area (Å²) >= 11 is 0. The lowest BCUT2D eigenvalue weighted by Gasteiger charge is -2.00. The molecule has 0 spiro atoms. The van der Waals surface area contributed by atoms with Crippen molar-refractivity contribution in [1.29, 1.82) is 0 Å². The number of rotatable bonds is 7. The number of ether oxygens (including phenoxy) is 2. The van der Waals surface area contributed by atoms with Crippen molar-refractivity contribution in [3.63, 3.8) is 0 Å². The second kappa shape index (κ2) is 12.8. The summed E-state index contributed by atoms with van der Waals surface area (Å²) in [7, 11) is 0. The third-order valence-corrected chi connectivity index (χ3v) is 1.84. The molecule has 0 aliphatic carbocycles. The zero-order chi connectivity index (χ0) is 14.3. The first-order valence-electron chi connectivity index (χ1n) is 6.02.